The Kier molecular flexibility index (Phi) is 4.94. The zero-order chi connectivity index (χ0) is 12.8. The minimum Gasteiger partial charge on any atom is -0.370 e. The normalized spacial score (nSPS) is 13.8. The highest BCUT2D eigenvalue weighted by Crippen LogP contribution is 2.12. The number of benzene rings is 1. The number of rotatable bonds is 4. The molecule has 0 aliphatic heterocycles. The average molecular weight is 237 g/mol. The van der Waals surface area contributed by atoms with Crippen molar-refractivity contribution >= 4 is 5.96 Å². The number of halogens is 1. The molecule has 1 aromatic carbocycles. The van der Waals surface area contributed by atoms with Crippen LogP contribution in [0, 0.1) is 11.7 Å². The molecule has 0 amide bonds. The maximum Gasteiger partial charge on any atom is 0.189 e. The fraction of sp³-hybridized carbons (Fsp3) is 0.462. The smallest absolute Gasteiger partial charge is 0.189 e. The summed E-state index contributed by atoms with van der Waals surface area (Å²) in [6.07, 6.45) is 0. The molecule has 1 aromatic rings. The number of nitrogens with one attached hydrogen (secondary N) is 1. The van der Waals surface area contributed by atoms with Crippen molar-refractivity contribution in [3.63, 3.8) is 0 Å². The summed E-state index contributed by atoms with van der Waals surface area (Å²) >= 11 is 0. The van der Waals surface area contributed by atoms with Gasteiger partial charge in [0, 0.05) is 6.54 Å². The summed E-state index contributed by atoms with van der Waals surface area (Å²) in [6, 6.07) is 6.38. The summed E-state index contributed by atoms with van der Waals surface area (Å²) in [5, 5.41) is 3.08. The predicted octanol–water partition coefficient (Wildman–Crippen LogP) is 2.45. The van der Waals surface area contributed by atoms with E-state index in [2.05, 4.69) is 24.2 Å². The molecule has 94 valence electrons. The van der Waals surface area contributed by atoms with Gasteiger partial charge in [0.1, 0.15) is 5.82 Å². The molecule has 0 radical (unpaired) electrons. The maximum absolute atomic E-state index is 12.8. The van der Waals surface area contributed by atoms with Crippen LogP contribution in [0.1, 0.15) is 32.4 Å². The number of nitrogens with two attached hydrogens (primary N) is 1. The molecule has 0 heterocycles. The summed E-state index contributed by atoms with van der Waals surface area (Å²) in [5.74, 6) is 0.675. The SMILES string of the molecule is CC(C)CN=C(N)NC(C)c1ccc(F)cc1. The quantitative estimate of drug-likeness (QED) is 0.624. The summed E-state index contributed by atoms with van der Waals surface area (Å²) in [6.45, 7) is 6.83. The van der Waals surface area contributed by atoms with E-state index in [0.717, 1.165) is 5.56 Å². The van der Waals surface area contributed by atoms with Crippen molar-refractivity contribution in [2.45, 2.75) is 26.8 Å². The van der Waals surface area contributed by atoms with Gasteiger partial charge in [-0.15, -0.1) is 0 Å². The molecule has 1 atom stereocenters. The van der Waals surface area contributed by atoms with Crippen molar-refractivity contribution in [3.05, 3.63) is 35.6 Å². The van der Waals surface area contributed by atoms with Crippen LogP contribution in [0.2, 0.25) is 0 Å². The summed E-state index contributed by atoms with van der Waals surface area (Å²) in [7, 11) is 0. The van der Waals surface area contributed by atoms with Crippen LogP contribution in [0.15, 0.2) is 29.3 Å². The van der Waals surface area contributed by atoms with Crippen molar-refractivity contribution < 1.29 is 4.39 Å². The Morgan fingerprint density at radius 3 is 2.41 bits per heavy atom. The third-order valence-electron chi connectivity index (χ3n) is 2.36. The van der Waals surface area contributed by atoms with Gasteiger partial charge >= 0.3 is 0 Å². The van der Waals surface area contributed by atoms with Gasteiger partial charge < -0.3 is 11.1 Å². The van der Waals surface area contributed by atoms with E-state index in [4.69, 9.17) is 5.73 Å². The van der Waals surface area contributed by atoms with Crippen LogP contribution in [0.25, 0.3) is 0 Å². The lowest BCUT2D eigenvalue weighted by Crippen LogP contribution is -2.34. The minimum absolute atomic E-state index is 0.0199. The number of hydrogen-bond donors (Lipinski definition) is 2. The van der Waals surface area contributed by atoms with Gasteiger partial charge in [0.15, 0.2) is 5.96 Å². The van der Waals surface area contributed by atoms with Crippen LogP contribution in [-0.2, 0) is 0 Å². The zero-order valence-electron chi connectivity index (χ0n) is 10.6. The van der Waals surface area contributed by atoms with Gasteiger partial charge in [0.25, 0.3) is 0 Å². The van der Waals surface area contributed by atoms with Crippen LogP contribution in [0.4, 0.5) is 4.39 Å². The lowest BCUT2D eigenvalue weighted by Gasteiger charge is -2.15. The van der Waals surface area contributed by atoms with Crippen molar-refractivity contribution in [3.8, 4) is 0 Å². The van der Waals surface area contributed by atoms with Crippen LogP contribution in [0.5, 0.6) is 0 Å². The Labute approximate surface area is 102 Å². The fourth-order valence-electron chi connectivity index (χ4n) is 1.38. The van der Waals surface area contributed by atoms with E-state index < -0.39 is 0 Å². The van der Waals surface area contributed by atoms with Gasteiger partial charge in [-0.2, -0.15) is 0 Å². The topological polar surface area (TPSA) is 50.4 Å². The lowest BCUT2D eigenvalue weighted by atomic mass is 10.1. The van der Waals surface area contributed by atoms with Crippen molar-refractivity contribution in [2.24, 2.45) is 16.6 Å². The van der Waals surface area contributed by atoms with Crippen LogP contribution in [0.3, 0.4) is 0 Å². The standard InChI is InChI=1S/C13H20FN3/c1-9(2)8-16-13(15)17-10(3)11-4-6-12(14)7-5-11/h4-7,9-10H,8H2,1-3H3,(H3,15,16,17). The maximum atomic E-state index is 12.8. The van der Waals surface area contributed by atoms with Crippen LogP contribution in [-0.4, -0.2) is 12.5 Å². The van der Waals surface area contributed by atoms with Gasteiger partial charge in [-0.3, -0.25) is 4.99 Å². The van der Waals surface area contributed by atoms with E-state index in [0.29, 0.717) is 18.4 Å². The molecule has 3 N–H and O–H groups in total. The molecular weight excluding hydrogens is 217 g/mol. The van der Waals surface area contributed by atoms with E-state index in [1.165, 1.54) is 12.1 Å². The molecule has 0 bridgehead atoms. The summed E-state index contributed by atoms with van der Waals surface area (Å²) in [5.41, 5.74) is 6.74. The first-order valence-corrected chi connectivity index (χ1v) is 5.81. The Hall–Kier alpha value is -1.58. The monoisotopic (exact) mass is 237 g/mol. The molecule has 17 heavy (non-hydrogen) atoms. The summed E-state index contributed by atoms with van der Waals surface area (Å²) < 4.78 is 12.8. The molecule has 3 nitrogen and oxygen atoms in total. The first kappa shape index (κ1) is 13.5. The molecule has 1 rings (SSSR count). The lowest BCUT2D eigenvalue weighted by molar-refractivity contribution is 0.623. The molecular formula is C13H20FN3. The molecule has 0 aliphatic carbocycles. The first-order chi connectivity index (χ1) is 7.99. The van der Waals surface area contributed by atoms with E-state index in [1.54, 1.807) is 12.1 Å². The molecule has 0 saturated heterocycles. The van der Waals surface area contributed by atoms with Gasteiger partial charge in [-0.25, -0.2) is 4.39 Å². The minimum atomic E-state index is -0.234. The van der Waals surface area contributed by atoms with E-state index in [9.17, 15) is 4.39 Å². The molecule has 0 fully saturated rings. The van der Waals surface area contributed by atoms with Gasteiger partial charge in [-0.1, -0.05) is 26.0 Å². The number of nitrogens with zero attached hydrogens (tertiary/aromatic N) is 1. The number of guanidine groups is 1. The highest BCUT2D eigenvalue weighted by atomic mass is 19.1. The molecule has 0 spiro atoms. The van der Waals surface area contributed by atoms with E-state index in [-0.39, 0.29) is 11.9 Å². The Balaban J connectivity index is 2.56. The largest absolute Gasteiger partial charge is 0.370 e. The van der Waals surface area contributed by atoms with Crippen LogP contribution >= 0.6 is 0 Å². The van der Waals surface area contributed by atoms with Crippen molar-refractivity contribution in [1.29, 1.82) is 0 Å². The van der Waals surface area contributed by atoms with E-state index in [1.807, 2.05) is 6.92 Å². The molecule has 4 heteroatoms. The summed E-state index contributed by atoms with van der Waals surface area (Å²) in [4.78, 5) is 4.22. The second-order valence-electron chi connectivity index (χ2n) is 4.54. The van der Waals surface area contributed by atoms with Gasteiger partial charge in [0.05, 0.1) is 6.04 Å². The van der Waals surface area contributed by atoms with Gasteiger partial charge in [0.2, 0.25) is 0 Å². The first-order valence-electron chi connectivity index (χ1n) is 5.81. The highest BCUT2D eigenvalue weighted by Gasteiger charge is 2.05. The van der Waals surface area contributed by atoms with Gasteiger partial charge in [-0.05, 0) is 30.5 Å². The second kappa shape index (κ2) is 6.23. The number of aliphatic imine (C=N–C) groups is 1. The molecule has 0 aliphatic rings. The zero-order valence-corrected chi connectivity index (χ0v) is 10.6. The Morgan fingerprint density at radius 1 is 1.29 bits per heavy atom. The Bertz CT molecular complexity index is 371. The fourth-order valence-corrected chi connectivity index (χ4v) is 1.38. The average Bonchev–Trinajstić information content (AvgIpc) is 2.27. The molecule has 0 aromatic heterocycles. The Morgan fingerprint density at radius 2 is 1.88 bits per heavy atom. The van der Waals surface area contributed by atoms with Crippen molar-refractivity contribution in [2.75, 3.05) is 6.54 Å². The third-order valence-corrected chi connectivity index (χ3v) is 2.36. The molecule has 0 saturated carbocycles. The molecule has 1 unspecified atom stereocenters. The second-order valence-corrected chi connectivity index (χ2v) is 4.54. The predicted molar refractivity (Wildman–Crippen MR) is 69.3 cm³/mol. The van der Waals surface area contributed by atoms with Crippen molar-refractivity contribution in [1.82, 2.24) is 5.32 Å². The van der Waals surface area contributed by atoms with E-state index >= 15 is 0 Å². The highest BCUT2D eigenvalue weighted by molar-refractivity contribution is 5.78. The number of hydrogen-bond acceptors (Lipinski definition) is 1. The third kappa shape index (κ3) is 4.85. The van der Waals surface area contributed by atoms with Crippen LogP contribution < -0.4 is 11.1 Å².